The van der Waals surface area contributed by atoms with Crippen molar-refractivity contribution in [2.75, 3.05) is 38.8 Å². The van der Waals surface area contributed by atoms with Gasteiger partial charge in [0.05, 0.1) is 13.0 Å². The van der Waals surface area contributed by atoms with E-state index in [0.717, 1.165) is 18.7 Å². The molecule has 0 heterocycles. The lowest BCUT2D eigenvalue weighted by Gasteiger charge is -2.09. The van der Waals surface area contributed by atoms with Crippen LogP contribution in [-0.4, -0.2) is 49.6 Å². The Morgan fingerprint density at radius 2 is 1.36 bits per heavy atom. The zero-order valence-electron chi connectivity index (χ0n) is 16.9. The Bertz CT molecular complexity index is 289. The summed E-state index contributed by atoms with van der Waals surface area (Å²) in [5.41, 5.74) is 0. The number of carbonyl (C=O) groups is 1. The first-order chi connectivity index (χ1) is 12.2. The Hall–Kier alpha value is 0.130. The van der Waals surface area contributed by atoms with E-state index in [1.54, 1.807) is 0 Å². The van der Waals surface area contributed by atoms with E-state index < -0.39 is 0 Å². The van der Waals surface area contributed by atoms with Crippen molar-refractivity contribution in [3.63, 3.8) is 0 Å². The van der Waals surface area contributed by atoms with E-state index in [-0.39, 0.29) is 5.97 Å². The molecule has 0 radical (unpaired) electrons. The van der Waals surface area contributed by atoms with Gasteiger partial charge in [-0.25, -0.2) is 0 Å². The topological polar surface area (TPSA) is 29.5 Å². The maximum atomic E-state index is 11.5. The molecule has 0 bridgehead atoms. The van der Waals surface area contributed by atoms with Gasteiger partial charge in [0, 0.05) is 18.1 Å². The third kappa shape index (κ3) is 22.1. The Kier molecular flexibility index (Phi) is 20.5. The zero-order chi connectivity index (χ0) is 18.6. The Morgan fingerprint density at radius 1 is 0.800 bits per heavy atom. The fraction of sp³-hybridized carbons (Fsp3) is 0.950. The number of hydrogen-bond acceptors (Lipinski definition) is 5. The molecule has 0 spiro atoms. The Morgan fingerprint density at radius 3 is 1.96 bits per heavy atom. The van der Waals surface area contributed by atoms with E-state index in [1.165, 1.54) is 70.0 Å². The molecule has 0 aromatic carbocycles. The molecule has 0 aromatic rings. The summed E-state index contributed by atoms with van der Waals surface area (Å²) in [5.74, 6) is 2.03. The normalized spacial score (nSPS) is 11.2. The first-order valence-electron chi connectivity index (χ1n) is 10.2. The van der Waals surface area contributed by atoms with Crippen molar-refractivity contribution in [3.05, 3.63) is 0 Å². The molecular formula is C20H41NO2S2. The molecule has 0 aliphatic heterocycles. The van der Waals surface area contributed by atoms with Crippen LogP contribution in [0.15, 0.2) is 0 Å². The van der Waals surface area contributed by atoms with Crippen LogP contribution in [0.1, 0.15) is 84.0 Å². The van der Waals surface area contributed by atoms with Gasteiger partial charge >= 0.3 is 5.97 Å². The van der Waals surface area contributed by atoms with E-state index >= 15 is 0 Å². The highest BCUT2D eigenvalue weighted by Gasteiger charge is 2.03. The first-order valence-corrected chi connectivity index (χ1v) is 12.7. The average molecular weight is 392 g/mol. The van der Waals surface area contributed by atoms with Crippen LogP contribution in [-0.2, 0) is 9.53 Å². The standard InChI is InChI=1S/C20H41NO2S2/c1-4-5-6-7-8-9-10-11-12-13-18-24-25-19-15-20(22)23-17-14-16-21(2)3/h4-19H2,1-3H3. The zero-order valence-corrected chi connectivity index (χ0v) is 18.5. The second-order valence-corrected chi connectivity index (χ2v) is 9.66. The molecule has 0 aliphatic rings. The summed E-state index contributed by atoms with van der Waals surface area (Å²) in [5, 5.41) is 0. The van der Waals surface area contributed by atoms with Crippen molar-refractivity contribution in [2.45, 2.75) is 84.0 Å². The smallest absolute Gasteiger partial charge is 0.306 e. The van der Waals surface area contributed by atoms with Gasteiger partial charge in [0.2, 0.25) is 0 Å². The van der Waals surface area contributed by atoms with Crippen LogP contribution >= 0.6 is 21.6 Å². The fourth-order valence-electron chi connectivity index (χ4n) is 2.53. The van der Waals surface area contributed by atoms with Crippen LogP contribution in [0.2, 0.25) is 0 Å². The van der Waals surface area contributed by atoms with Crippen molar-refractivity contribution in [3.8, 4) is 0 Å². The molecule has 0 atom stereocenters. The van der Waals surface area contributed by atoms with E-state index in [0.29, 0.717) is 13.0 Å². The van der Waals surface area contributed by atoms with Gasteiger partial charge in [0.15, 0.2) is 0 Å². The summed E-state index contributed by atoms with van der Waals surface area (Å²) in [6.45, 7) is 3.79. The molecule has 0 saturated heterocycles. The summed E-state index contributed by atoms with van der Waals surface area (Å²) in [7, 11) is 7.78. The van der Waals surface area contributed by atoms with E-state index in [1.807, 2.05) is 35.7 Å². The number of unbranched alkanes of at least 4 members (excludes halogenated alkanes) is 9. The lowest BCUT2D eigenvalue weighted by molar-refractivity contribution is -0.143. The van der Waals surface area contributed by atoms with Gasteiger partial charge in [-0.05, 0) is 26.9 Å². The second kappa shape index (κ2) is 20.4. The minimum atomic E-state index is -0.0502. The first kappa shape index (κ1) is 25.1. The van der Waals surface area contributed by atoms with Gasteiger partial charge in [-0.1, -0.05) is 86.3 Å². The van der Waals surface area contributed by atoms with Crippen LogP contribution in [0.4, 0.5) is 0 Å². The number of hydrogen-bond donors (Lipinski definition) is 0. The van der Waals surface area contributed by atoms with Gasteiger partial charge in [0.1, 0.15) is 0 Å². The molecule has 0 saturated carbocycles. The molecule has 5 heteroatoms. The van der Waals surface area contributed by atoms with Crippen molar-refractivity contribution >= 4 is 27.6 Å². The molecule has 25 heavy (non-hydrogen) atoms. The maximum absolute atomic E-state index is 11.5. The molecule has 0 amide bonds. The Labute approximate surface area is 164 Å². The van der Waals surface area contributed by atoms with E-state index in [9.17, 15) is 4.79 Å². The molecule has 0 aromatic heterocycles. The largest absolute Gasteiger partial charge is 0.466 e. The van der Waals surface area contributed by atoms with Gasteiger partial charge in [-0.3, -0.25) is 4.79 Å². The SMILES string of the molecule is CCCCCCCCCCCCSSCCC(=O)OCCCN(C)C. The predicted molar refractivity (Wildman–Crippen MR) is 116 cm³/mol. The lowest BCUT2D eigenvalue weighted by Crippen LogP contribution is -2.16. The lowest BCUT2D eigenvalue weighted by atomic mass is 10.1. The number of carbonyl (C=O) groups excluding carboxylic acids is 1. The molecule has 3 nitrogen and oxygen atoms in total. The minimum absolute atomic E-state index is 0.0502. The fourth-order valence-corrected chi connectivity index (χ4v) is 4.65. The van der Waals surface area contributed by atoms with Crippen molar-refractivity contribution in [1.29, 1.82) is 0 Å². The molecule has 0 aliphatic carbocycles. The van der Waals surface area contributed by atoms with Crippen molar-refractivity contribution in [1.82, 2.24) is 4.90 Å². The number of nitrogens with zero attached hydrogens (tertiary/aromatic N) is 1. The van der Waals surface area contributed by atoms with Crippen LogP contribution < -0.4 is 0 Å². The third-order valence-electron chi connectivity index (χ3n) is 4.07. The van der Waals surface area contributed by atoms with Gasteiger partial charge in [0.25, 0.3) is 0 Å². The predicted octanol–water partition coefficient (Wildman–Crippen LogP) is 6.17. The van der Waals surface area contributed by atoms with Crippen molar-refractivity contribution < 1.29 is 9.53 Å². The molecule has 0 N–H and O–H groups in total. The molecule has 0 rings (SSSR count). The summed E-state index contributed by atoms with van der Waals surface area (Å²) in [6, 6.07) is 0. The van der Waals surface area contributed by atoms with E-state index in [2.05, 4.69) is 11.8 Å². The number of ether oxygens (including phenoxy) is 1. The number of esters is 1. The van der Waals surface area contributed by atoms with E-state index in [4.69, 9.17) is 4.74 Å². The highest BCUT2D eigenvalue weighted by Crippen LogP contribution is 2.24. The summed E-state index contributed by atoms with van der Waals surface area (Å²) in [4.78, 5) is 13.7. The highest BCUT2D eigenvalue weighted by atomic mass is 33.1. The molecule has 0 unspecified atom stereocenters. The van der Waals surface area contributed by atoms with Crippen LogP contribution in [0.5, 0.6) is 0 Å². The summed E-state index contributed by atoms with van der Waals surface area (Å²) >= 11 is 0. The molecule has 150 valence electrons. The van der Waals surface area contributed by atoms with Gasteiger partial charge < -0.3 is 9.64 Å². The van der Waals surface area contributed by atoms with Gasteiger partial charge in [-0.2, -0.15) is 0 Å². The minimum Gasteiger partial charge on any atom is -0.466 e. The van der Waals surface area contributed by atoms with Crippen LogP contribution in [0.3, 0.4) is 0 Å². The Balaban J connectivity index is 3.12. The third-order valence-corrected chi connectivity index (χ3v) is 6.56. The summed E-state index contributed by atoms with van der Waals surface area (Å²) < 4.78 is 5.22. The summed E-state index contributed by atoms with van der Waals surface area (Å²) in [6.07, 6.45) is 15.4. The average Bonchev–Trinajstić information content (AvgIpc) is 2.59. The second-order valence-electron chi connectivity index (χ2n) is 6.95. The van der Waals surface area contributed by atoms with Crippen molar-refractivity contribution in [2.24, 2.45) is 0 Å². The molecular weight excluding hydrogens is 350 g/mol. The molecule has 0 fully saturated rings. The van der Waals surface area contributed by atoms with Gasteiger partial charge in [-0.15, -0.1) is 0 Å². The van der Waals surface area contributed by atoms with Crippen LogP contribution in [0.25, 0.3) is 0 Å². The quantitative estimate of drug-likeness (QED) is 0.149. The number of rotatable bonds is 19. The highest BCUT2D eigenvalue weighted by molar-refractivity contribution is 8.76. The maximum Gasteiger partial charge on any atom is 0.306 e. The van der Waals surface area contributed by atoms with Crippen LogP contribution in [0, 0.1) is 0 Å². The monoisotopic (exact) mass is 391 g/mol.